The lowest BCUT2D eigenvalue weighted by molar-refractivity contribution is -0.137. The molecule has 0 fully saturated rings. The van der Waals surface area contributed by atoms with Gasteiger partial charge < -0.3 is 5.32 Å². The highest BCUT2D eigenvalue weighted by atomic mass is 35.5. The van der Waals surface area contributed by atoms with Crippen molar-refractivity contribution in [1.82, 2.24) is 9.55 Å². The van der Waals surface area contributed by atoms with E-state index in [2.05, 4.69) is 10.3 Å². The molecule has 28 heavy (non-hydrogen) atoms. The number of amides is 1. The second-order valence-electron chi connectivity index (χ2n) is 6.10. The van der Waals surface area contributed by atoms with Gasteiger partial charge in [0.2, 0.25) is 5.91 Å². The van der Waals surface area contributed by atoms with E-state index >= 15 is 0 Å². The van der Waals surface area contributed by atoms with E-state index in [4.69, 9.17) is 11.6 Å². The minimum Gasteiger partial charge on any atom is -0.326 e. The SMILES string of the molecule is O=C(CCCn1cnc2ccccc2c1=O)Nc1ccc(Cl)c(C(F)(F)F)c1. The van der Waals surface area contributed by atoms with E-state index in [1.807, 2.05) is 0 Å². The van der Waals surface area contributed by atoms with Crippen molar-refractivity contribution in [2.75, 3.05) is 5.32 Å². The first-order chi connectivity index (χ1) is 13.3. The second-order valence-corrected chi connectivity index (χ2v) is 6.51. The molecule has 3 aromatic rings. The molecule has 1 aromatic heterocycles. The Morgan fingerprint density at radius 2 is 1.93 bits per heavy atom. The van der Waals surface area contributed by atoms with Crippen molar-refractivity contribution >= 4 is 34.1 Å². The predicted molar refractivity (Wildman–Crippen MR) is 100 cm³/mol. The molecule has 5 nitrogen and oxygen atoms in total. The summed E-state index contributed by atoms with van der Waals surface area (Å²) in [5.41, 5.74) is -0.629. The number of aromatic nitrogens is 2. The highest BCUT2D eigenvalue weighted by Crippen LogP contribution is 2.36. The van der Waals surface area contributed by atoms with Gasteiger partial charge in [-0.15, -0.1) is 0 Å². The molecule has 0 atom stereocenters. The minimum absolute atomic E-state index is 0.00580. The van der Waals surface area contributed by atoms with E-state index in [9.17, 15) is 22.8 Å². The molecule has 1 amide bonds. The molecule has 0 aliphatic rings. The van der Waals surface area contributed by atoms with Gasteiger partial charge in [0, 0.05) is 18.7 Å². The average Bonchev–Trinajstić information content (AvgIpc) is 2.64. The first-order valence-electron chi connectivity index (χ1n) is 8.36. The molecule has 1 N–H and O–H groups in total. The third kappa shape index (κ3) is 4.51. The summed E-state index contributed by atoms with van der Waals surface area (Å²) in [5.74, 6) is -0.461. The van der Waals surface area contributed by atoms with Crippen molar-refractivity contribution in [3.05, 3.63) is 69.7 Å². The molecule has 3 rings (SSSR count). The Hall–Kier alpha value is -2.87. The van der Waals surface area contributed by atoms with Crippen molar-refractivity contribution < 1.29 is 18.0 Å². The van der Waals surface area contributed by atoms with Gasteiger partial charge in [0.15, 0.2) is 0 Å². The van der Waals surface area contributed by atoms with Gasteiger partial charge in [0.25, 0.3) is 5.56 Å². The van der Waals surface area contributed by atoms with E-state index in [1.165, 1.54) is 17.0 Å². The molecule has 0 aliphatic carbocycles. The molecule has 1 heterocycles. The van der Waals surface area contributed by atoms with Crippen LogP contribution in [0.2, 0.25) is 5.02 Å². The van der Waals surface area contributed by atoms with Crippen molar-refractivity contribution in [2.45, 2.75) is 25.6 Å². The smallest absolute Gasteiger partial charge is 0.326 e. The molecule has 0 spiro atoms. The number of fused-ring (bicyclic) bond motifs is 1. The molecule has 0 saturated heterocycles. The lowest BCUT2D eigenvalue weighted by Gasteiger charge is -2.12. The third-order valence-corrected chi connectivity index (χ3v) is 4.42. The lowest BCUT2D eigenvalue weighted by Crippen LogP contribution is -2.21. The van der Waals surface area contributed by atoms with Crippen LogP contribution in [-0.2, 0) is 17.5 Å². The molecule has 9 heteroatoms. The number of anilines is 1. The van der Waals surface area contributed by atoms with Gasteiger partial charge in [0.1, 0.15) is 0 Å². The van der Waals surface area contributed by atoms with Gasteiger partial charge in [-0.05, 0) is 36.8 Å². The maximum Gasteiger partial charge on any atom is 0.417 e. The summed E-state index contributed by atoms with van der Waals surface area (Å²) in [7, 11) is 0. The summed E-state index contributed by atoms with van der Waals surface area (Å²) in [6.07, 6.45) is -2.84. The fourth-order valence-corrected chi connectivity index (χ4v) is 2.94. The molecule has 0 aliphatic heterocycles. The second kappa shape index (κ2) is 8.02. The Bertz CT molecular complexity index is 1080. The maximum absolute atomic E-state index is 12.9. The maximum atomic E-state index is 12.9. The lowest BCUT2D eigenvalue weighted by atomic mass is 10.2. The Labute approximate surface area is 162 Å². The molecule has 0 saturated carbocycles. The number of benzene rings is 2. The number of nitrogens with one attached hydrogen (secondary N) is 1. The molecule has 0 bridgehead atoms. The third-order valence-electron chi connectivity index (χ3n) is 4.09. The van der Waals surface area contributed by atoms with Gasteiger partial charge in [-0.25, -0.2) is 4.98 Å². The highest BCUT2D eigenvalue weighted by molar-refractivity contribution is 6.31. The Morgan fingerprint density at radius 3 is 2.68 bits per heavy atom. The van der Waals surface area contributed by atoms with Crippen LogP contribution < -0.4 is 10.9 Å². The zero-order valence-electron chi connectivity index (χ0n) is 14.5. The summed E-state index contributed by atoms with van der Waals surface area (Å²) >= 11 is 5.55. The standard InChI is InChI=1S/C19H15ClF3N3O2/c20-15-8-7-12(10-14(15)19(21,22)23)25-17(27)6-3-9-26-11-24-16-5-2-1-4-13(16)18(26)28/h1-2,4-5,7-8,10-11H,3,6,9H2,(H,25,27). The summed E-state index contributed by atoms with van der Waals surface area (Å²) in [5, 5.41) is 2.46. The quantitative estimate of drug-likeness (QED) is 0.675. The van der Waals surface area contributed by atoms with Gasteiger partial charge in [-0.3, -0.25) is 14.2 Å². The van der Waals surface area contributed by atoms with Gasteiger partial charge >= 0.3 is 6.18 Å². The largest absolute Gasteiger partial charge is 0.417 e. The van der Waals surface area contributed by atoms with Crippen LogP contribution in [0.15, 0.2) is 53.6 Å². The van der Waals surface area contributed by atoms with Crippen LogP contribution in [0.1, 0.15) is 18.4 Å². The summed E-state index contributed by atoms with van der Waals surface area (Å²) < 4.78 is 40.0. The highest BCUT2D eigenvalue weighted by Gasteiger charge is 2.33. The van der Waals surface area contributed by atoms with Crippen LogP contribution in [0.4, 0.5) is 18.9 Å². The number of carbonyl (C=O) groups is 1. The first kappa shape index (κ1) is 19.9. The molecule has 146 valence electrons. The van der Waals surface area contributed by atoms with E-state index in [-0.39, 0.29) is 24.2 Å². The van der Waals surface area contributed by atoms with Crippen molar-refractivity contribution in [3.8, 4) is 0 Å². The monoisotopic (exact) mass is 409 g/mol. The summed E-state index contributed by atoms with van der Waals surface area (Å²) in [6.45, 7) is 0.262. The number of carbonyl (C=O) groups excluding carboxylic acids is 1. The minimum atomic E-state index is -4.61. The van der Waals surface area contributed by atoms with Crippen molar-refractivity contribution in [2.24, 2.45) is 0 Å². The fourth-order valence-electron chi connectivity index (χ4n) is 2.72. The molecular weight excluding hydrogens is 395 g/mol. The van der Waals surface area contributed by atoms with E-state index in [0.717, 1.165) is 12.1 Å². The number of rotatable bonds is 5. The van der Waals surface area contributed by atoms with Crippen molar-refractivity contribution in [1.29, 1.82) is 0 Å². The normalized spacial score (nSPS) is 11.6. The van der Waals surface area contributed by atoms with Gasteiger partial charge in [0.05, 0.1) is 27.8 Å². The molecule has 2 aromatic carbocycles. The van der Waals surface area contributed by atoms with Crippen LogP contribution in [0, 0.1) is 0 Å². The average molecular weight is 410 g/mol. The number of hydrogen-bond donors (Lipinski definition) is 1. The van der Waals surface area contributed by atoms with E-state index in [0.29, 0.717) is 17.3 Å². The number of hydrogen-bond acceptors (Lipinski definition) is 3. The van der Waals surface area contributed by atoms with Crippen LogP contribution in [0.5, 0.6) is 0 Å². The Morgan fingerprint density at radius 1 is 1.18 bits per heavy atom. The topological polar surface area (TPSA) is 64.0 Å². The molecular formula is C19H15ClF3N3O2. The molecule has 0 radical (unpaired) electrons. The number of aryl methyl sites for hydroxylation is 1. The zero-order valence-corrected chi connectivity index (χ0v) is 15.2. The van der Waals surface area contributed by atoms with Gasteiger partial charge in [-0.2, -0.15) is 13.2 Å². The van der Waals surface area contributed by atoms with Gasteiger partial charge in [-0.1, -0.05) is 23.7 Å². The van der Waals surface area contributed by atoms with Crippen LogP contribution in [0.3, 0.4) is 0 Å². The molecule has 0 unspecified atom stereocenters. The first-order valence-corrected chi connectivity index (χ1v) is 8.74. The number of halogens is 4. The Balaban J connectivity index is 1.61. The zero-order chi connectivity index (χ0) is 20.3. The fraction of sp³-hybridized carbons (Fsp3) is 0.211. The van der Waals surface area contributed by atoms with Crippen LogP contribution in [0.25, 0.3) is 10.9 Å². The van der Waals surface area contributed by atoms with Crippen LogP contribution >= 0.6 is 11.6 Å². The van der Waals surface area contributed by atoms with Crippen LogP contribution in [-0.4, -0.2) is 15.5 Å². The Kier molecular flexibility index (Phi) is 5.69. The van der Waals surface area contributed by atoms with Crippen molar-refractivity contribution in [3.63, 3.8) is 0 Å². The summed E-state index contributed by atoms with van der Waals surface area (Å²) in [6, 6.07) is 10.1. The number of nitrogens with zero attached hydrogens (tertiary/aromatic N) is 2. The van der Waals surface area contributed by atoms with E-state index < -0.39 is 22.7 Å². The summed E-state index contributed by atoms with van der Waals surface area (Å²) in [4.78, 5) is 28.6. The number of para-hydroxylation sites is 1. The predicted octanol–water partition coefficient (Wildman–Crippen LogP) is 4.49. The number of alkyl halides is 3. The van der Waals surface area contributed by atoms with E-state index in [1.54, 1.807) is 24.3 Å².